The number of hydrogen-bond donors (Lipinski definition) is 1. The lowest BCUT2D eigenvalue weighted by Gasteiger charge is -2.42. The maximum Gasteiger partial charge on any atom is 0.264 e. The summed E-state index contributed by atoms with van der Waals surface area (Å²) in [7, 11) is -2.58. The van der Waals surface area contributed by atoms with Crippen LogP contribution in [0.5, 0.6) is 11.5 Å². The number of ether oxygens (including phenoxy) is 3. The molecule has 2 amide bonds. The molecule has 6 rings (SSSR count). The van der Waals surface area contributed by atoms with Crippen LogP contribution in [0.4, 0.5) is 10.1 Å². The number of anilines is 1. The van der Waals surface area contributed by atoms with E-state index in [-0.39, 0.29) is 23.9 Å². The van der Waals surface area contributed by atoms with Gasteiger partial charge in [0.05, 0.1) is 36.2 Å². The van der Waals surface area contributed by atoms with E-state index in [0.717, 1.165) is 18.4 Å². The summed E-state index contributed by atoms with van der Waals surface area (Å²) in [6.07, 6.45) is 4.25. The van der Waals surface area contributed by atoms with E-state index in [4.69, 9.17) is 25.8 Å². The number of amides is 2. The number of methoxy groups -OCH3 is 1. The van der Waals surface area contributed by atoms with Gasteiger partial charge >= 0.3 is 0 Å². The number of allylic oxidation sites excluding steroid dienone is 1. The van der Waals surface area contributed by atoms with Crippen LogP contribution >= 0.6 is 11.6 Å². The molecule has 1 N–H and O–H groups in total. The number of carbonyl (C=O) groups is 2. The minimum absolute atomic E-state index is 0.0621. The second-order valence-corrected chi connectivity index (χ2v) is 17.1. The molecule has 2 bridgehead atoms. The summed E-state index contributed by atoms with van der Waals surface area (Å²) in [6, 6.07) is 9.17. The Labute approximate surface area is 311 Å². The smallest absolute Gasteiger partial charge is 0.264 e. The topological polar surface area (TPSA) is 118 Å². The summed E-state index contributed by atoms with van der Waals surface area (Å²) in [4.78, 5) is 33.8. The molecule has 4 aliphatic rings. The van der Waals surface area contributed by atoms with Crippen LogP contribution in [0.15, 0.2) is 48.3 Å². The van der Waals surface area contributed by atoms with Gasteiger partial charge in [0.1, 0.15) is 23.4 Å². The number of fused-ring (bicyclic) bond motifs is 4. The second-order valence-electron chi connectivity index (χ2n) is 14.6. The van der Waals surface area contributed by atoms with E-state index in [1.807, 2.05) is 30.0 Å². The third kappa shape index (κ3) is 7.78. The Bertz CT molecular complexity index is 1790. The number of benzene rings is 2. The van der Waals surface area contributed by atoms with Crippen molar-refractivity contribution in [3.8, 4) is 11.5 Å². The van der Waals surface area contributed by atoms with Gasteiger partial charge in [0.15, 0.2) is 0 Å². The highest BCUT2D eigenvalue weighted by Crippen LogP contribution is 2.46. The number of rotatable bonds is 6. The molecule has 0 aliphatic carbocycles. The normalized spacial score (nSPS) is 28.7. The standard InChI is InChI=1S/C38H50ClFN4O7S/c1-5-15-42(17-19-49-4)37(46)35-31(40)12-8-25(2)26(3)52(47,48)41-36(45)27-9-13-33-32(20-27)43(22-29-7-6-16-44(29)35)23-38(24-51-33)14-18-50-34-21-28(39)10-11-30(34)38/h9-13,20-21,25-26,29,35H,5-8,14-19,22-24H2,1-4H3,(H,41,45)/b31-12-/t25-,26+,29-,35+,38-/m0/s1. The van der Waals surface area contributed by atoms with Crippen LogP contribution in [0.1, 0.15) is 68.8 Å². The number of sulfonamides is 1. The fraction of sp³-hybridized carbons (Fsp3) is 0.579. The summed E-state index contributed by atoms with van der Waals surface area (Å²) in [6.45, 7) is 8.42. The Balaban J connectivity index is 1.47. The van der Waals surface area contributed by atoms with Crippen molar-refractivity contribution in [2.75, 3.05) is 64.6 Å². The van der Waals surface area contributed by atoms with E-state index in [1.165, 1.54) is 13.0 Å². The molecule has 5 atom stereocenters. The fourth-order valence-corrected chi connectivity index (χ4v) is 9.44. The van der Waals surface area contributed by atoms with E-state index >= 15 is 4.39 Å². The minimum Gasteiger partial charge on any atom is -0.493 e. The van der Waals surface area contributed by atoms with Crippen molar-refractivity contribution in [3.63, 3.8) is 0 Å². The molecular formula is C38H50ClFN4O7S. The van der Waals surface area contributed by atoms with Crippen LogP contribution in [0.3, 0.4) is 0 Å². The SMILES string of the molecule is CCCN(CCOC)C(=O)[C@H]1/C(F)=C/C[C@H](C)[C@@H](C)S(=O)(=O)NC(=O)c2ccc3c(c2)N(C[C@@H]2CCCN21)C[C@@]1(CCOc2cc(Cl)ccc21)CO3. The van der Waals surface area contributed by atoms with E-state index < -0.39 is 44.4 Å². The number of carbonyl (C=O) groups excluding carboxylic acids is 2. The molecule has 4 heterocycles. The quantitative estimate of drug-likeness (QED) is 0.418. The van der Waals surface area contributed by atoms with Gasteiger partial charge in [-0.3, -0.25) is 14.5 Å². The molecule has 0 unspecified atom stereocenters. The van der Waals surface area contributed by atoms with Gasteiger partial charge < -0.3 is 24.0 Å². The van der Waals surface area contributed by atoms with Crippen molar-refractivity contribution < 1.29 is 36.6 Å². The van der Waals surface area contributed by atoms with Crippen molar-refractivity contribution >= 4 is 39.1 Å². The van der Waals surface area contributed by atoms with Gasteiger partial charge in [0.25, 0.3) is 5.91 Å². The fourth-order valence-electron chi connectivity index (χ4n) is 7.99. The number of nitrogens with zero attached hydrogens (tertiary/aromatic N) is 3. The highest BCUT2D eigenvalue weighted by molar-refractivity contribution is 7.90. The lowest BCUT2D eigenvalue weighted by Crippen LogP contribution is -2.55. The van der Waals surface area contributed by atoms with Gasteiger partial charge in [-0.1, -0.05) is 37.6 Å². The highest BCUT2D eigenvalue weighted by atomic mass is 35.5. The van der Waals surface area contributed by atoms with Crippen molar-refractivity contribution in [1.82, 2.24) is 14.5 Å². The molecule has 0 saturated carbocycles. The predicted octanol–water partition coefficient (Wildman–Crippen LogP) is 5.32. The molecule has 1 spiro atoms. The summed E-state index contributed by atoms with van der Waals surface area (Å²) >= 11 is 6.37. The molecule has 1 fully saturated rings. The molecule has 1 saturated heterocycles. The van der Waals surface area contributed by atoms with Gasteiger partial charge in [-0.2, -0.15) is 0 Å². The van der Waals surface area contributed by atoms with Gasteiger partial charge in [-0.05, 0) is 81.8 Å². The Morgan fingerprint density at radius 3 is 2.73 bits per heavy atom. The monoisotopic (exact) mass is 760 g/mol. The van der Waals surface area contributed by atoms with Crippen molar-refractivity contribution in [2.45, 2.75) is 75.6 Å². The molecule has 11 nitrogen and oxygen atoms in total. The average molecular weight is 761 g/mol. The van der Waals surface area contributed by atoms with Crippen LogP contribution in [0.25, 0.3) is 0 Å². The second kappa shape index (κ2) is 15.9. The summed E-state index contributed by atoms with van der Waals surface area (Å²) in [5, 5.41) is -0.467. The first-order valence-electron chi connectivity index (χ1n) is 18.3. The molecule has 52 heavy (non-hydrogen) atoms. The van der Waals surface area contributed by atoms with Crippen molar-refractivity contribution in [1.29, 1.82) is 0 Å². The minimum atomic E-state index is -4.15. The van der Waals surface area contributed by atoms with Crippen LogP contribution in [0.2, 0.25) is 5.02 Å². The number of halogens is 2. The first-order valence-corrected chi connectivity index (χ1v) is 20.2. The zero-order chi connectivity index (χ0) is 37.2. The van der Waals surface area contributed by atoms with Crippen molar-refractivity contribution in [2.24, 2.45) is 5.92 Å². The third-order valence-electron chi connectivity index (χ3n) is 11.2. The molecule has 0 aromatic heterocycles. The Hall–Kier alpha value is -3.39. The molecule has 4 aliphatic heterocycles. The first kappa shape index (κ1) is 38.3. The zero-order valence-corrected chi connectivity index (χ0v) is 32.0. The highest BCUT2D eigenvalue weighted by Gasteiger charge is 2.46. The molecule has 284 valence electrons. The van der Waals surface area contributed by atoms with Crippen LogP contribution in [0, 0.1) is 5.92 Å². The third-order valence-corrected chi connectivity index (χ3v) is 13.3. The number of nitrogens with one attached hydrogen (secondary N) is 1. The van der Waals surface area contributed by atoms with Gasteiger partial charge in [-0.15, -0.1) is 0 Å². The molecule has 14 heteroatoms. The maximum atomic E-state index is 16.8. The van der Waals surface area contributed by atoms with Crippen LogP contribution < -0.4 is 19.1 Å². The van der Waals surface area contributed by atoms with E-state index in [9.17, 15) is 18.0 Å². The van der Waals surface area contributed by atoms with E-state index in [0.29, 0.717) is 87.6 Å². The first-order chi connectivity index (χ1) is 24.9. The van der Waals surface area contributed by atoms with Crippen LogP contribution in [-0.2, 0) is 25.0 Å². The lowest BCUT2D eigenvalue weighted by atomic mass is 9.76. The number of hydrogen-bond acceptors (Lipinski definition) is 9. The summed E-state index contributed by atoms with van der Waals surface area (Å²) < 4.78 is 63.9. The lowest BCUT2D eigenvalue weighted by molar-refractivity contribution is -0.137. The molecule has 0 radical (unpaired) electrons. The molecule has 2 aromatic rings. The molecular weight excluding hydrogens is 711 g/mol. The summed E-state index contributed by atoms with van der Waals surface area (Å²) in [5.41, 5.74) is 1.22. The van der Waals surface area contributed by atoms with E-state index in [2.05, 4.69) is 9.62 Å². The Morgan fingerprint density at radius 2 is 1.96 bits per heavy atom. The van der Waals surface area contributed by atoms with E-state index in [1.54, 1.807) is 37.1 Å². The predicted molar refractivity (Wildman–Crippen MR) is 198 cm³/mol. The van der Waals surface area contributed by atoms with Gasteiger partial charge in [0.2, 0.25) is 15.9 Å². The van der Waals surface area contributed by atoms with Crippen LogP contribution in [-0.4, -0.2) is 107 Å². The van der Waals surface area contributed by atoms with Crippen molar-refractivity contribution in [3.05, 3.63) is 64.5 Å². The Morgan fingerprint density at radius 1 is 1.15 bits per heavy atom. The van der Waals surface area contributed by atoms with Gasteiger partial charge in [-0.25, -0.2) is 17.5 Å². The molecule has 2 aromatic carbocycles. The zero-order valence-electron chi connectivity index (χ0n) is 30.4. The van der Waals surface area contributed by atoms with Gasteiger partial charge in [0, 0.05) is 55.5 Å². The summed E-state index contributed by atoms with van der Waals surface area (Å²) in [5.74, 6) is -1.02. The maximum absolute atomic E-state index is 16.8. The largest absolute Gasteiger partial charge is 0.493 e. The Kier molecular flexibility index (Phi) is 11.7. The average Bonchev–Trinajstić information content (AvgIpc) is 3.51.